The molecular weight excluding hydrogens is 342 g/mol. The molecule has 0 bridgehead atoms. The van der Waals surface area contributed by atoms with Crippen LogP contribution in [0.5, 0.6) is 0 Å². The third kappa shape index (κ3) is 4.33. The molecule has 0 atom stereocenters. The molecule has 0 radical (unpaired) electrons. The van der Waals surface area contributed by atoms with E-state index in [-0.39, 0.29) is 11.3 Å². The molecule has 1 aromatic heterocycles. The van der Waals surface area contributed by atoms with Gasteiger partial charge in [0.05, 0.1) is 7.05 Å². The van der Waals surface area contributed by atoms with Crippen LogP contribution in [0.3, 0.4) is 0 Å². The summed E-state index contributed by atoms with van der Waals surface area (Å²) in [6, 6.07) is 7.37. The Morgan fingerprint density at radius 2 is 1.81 bits per heavy atom. The molecule has 1 aliphatic heterocycles. The minimum Gasteiger partial charge on any atom is -0.351 e. The molecule has 2 aliphatic rings. The van der Waals surface area contributed by atoms with Gasteiger partial charge < -0.3 is 15.1 Å². The van der Waals surface area contributed by atoms with Crippen LogP contribution < -0.4 is 5.32 Å². The van der Waals surface area contributed by atoms with E-state index in [1.807, 2.05) is 24.3 Å². The summed E-state index contributed by atoms with van der Waals surface area (Å²) >= 11 is 0. The number of aryl methyl sites for hydroxylation is 1. The van der Waals surface area contributed by atoms with E-state index in [2.05, 4.69) is 37.6 Å². The molecule has 2 fully saturated rings. The molecular formula is C19H27N7O. The number of piperazine rings is 1. The Morgan fingerprint density at radius 3 is 2.41 bits per heavy atom. The monoisotopic (exact) mass is 369 g/mol. The van der Waals surface area contributed by atoms with Crippen molar-refractivity contribution in [2.24, 2.45) is 12.5 Å². The fourth-order valence-electron chi connectivity index (χ4n) is 3.59. The first kappa shape index (κ1) is 18.1. The van der Waals surface area contributed by atoms with Crippen LogP contribution in [-0.2, 0) is 7.05 Å². The van der Waals surface area contributed by atoms with Gasteiger partial charge >= 0.3 is 0 Å². The summed E-state index contributed by atoms with van der Waals surface area (Å²) in [5.74, 6) is 0.548. The number of benzene rings is 1. The van der Waals surface area contributed by atoms with Crippen LogP contribution in [0.1, 0.15) is 23.2 Å². The first-order valence-electron chi connectivity index (χ1n) is 9.57. The second kappa shape index (κ2) is 7.36. The minimum absolute atomic E-state index is 0.0155. The molecule has 1 N–H and O–H groups in total. The Kier molecular flexibility index (Phi) is 4.92. The van der Waals surface area contributed by atoms with E-state index < -0.39 is 0 Å². The zero-order chi connectivity index (χ0) is 18.9. The number of hydrogen-bond acceptors (Lipinski definition) is 6. The van der Waals surface area contributed by atoms with Crippen LogP contribution in [0.2, 0.25) is 0 Å². The molecule has 144 valence electrons. The zero-order valence-electron chi connectivity index (χ0n) is 16.1. The van der Waals surface area contributed by atoms with Gasteiger partial charge in [0.25, 0.3) is 5.91 Å². The van der Waals surface area contributed by atoms with Crippen molar-refractivity contribution in [1.29, 1.82) is 0 Å². The molecule has 1 aromatic carbocycles. The lowest BCUT2D eigenvalue weighted by atomic mass is 10.1. The normalized spacial score (nSPS) is 19.8. The standard InChI is InChI=1S/C19H27N7O/c1-24-9-11-26(12-10-24)14-19(7-8-19)13-20-18(27)16-5-3-15(4-6-16)17-21-23-25(2)22-17/h3-6H,7-14H2,1-2H3,(H,20,27). The summed E-state index contributed by atoms with van der Waals surface area (Å²) in [6.45, 7) is 6.38. The van der Waals surface area contributed by atoms with E-state index in [1.165, 1.54) is 17.6 Å². The maximum atomic E-state index is 12.5. The molecule has 1 amide bonds. The Balaban J connectivity index is 1.30. The summed E-state index contributed by atoms with van der Waals surface area (Å²) in [5.41, 5.74) is 1.79. The van der Waals surface area contributed by atoms with E-state index >= 15 is 0 Å². The van der Waals surface area contributed by atoms with E-state index in [0.29, 0.717) is 11.4 Å². The van der Waals surface area contributed by atoms with Gasteiger partial charge in [-0.05, 0) is 37.2 Å². The first-order valence-corrected chi connectivity index (χ1v) is 9.57. The number of likely N-dealkylation sites (N-methyl/N-ethyl adjacent to an activating group) is 1. The van der Waals surface area contributed by atoms with E-state index in [1.54, 1.807) is 7.05 Å². The number of nitrogens with one attached hydrogen (secondary N) is 1. The highest BCUT2D eigenvalue weighted by Gasteiger charge is 2.44. The maximum absolute atomic E-state index is 12.5. The van der Waals surface area contributed by atoms with Gasteiger partial charge in [-0.15, -0.1) is 10.2 Å². The highest BCUT2D eigenvalue weighted by molar-refractivity contribution is 5.94. The third-order valence-electron chi connectivity index (χ3n) is 5.65. The molecule has 1 aliphatic carbocycles. The predicted molar refractivity (Wildman–Crippen MR) is 102 cm³/mol. The van der Waals surface area contributed by atoms with Crippen molar-refractivity contribution in [1.82, 2.24) is 35.3 Å². The largest absolute Gasteiger partial charge is 0.351 e. The molecule has 2 heterocycles. The summed E-state index contributed by atoms with van der Waals surface area (Å²) in [5, 5.41) is 15.1. The average molecular weight is 369 g/mol. The minimum atomic E-state index is -0.0155. The third-order valence-corrected chi connectivity index (χ3v) is 5.65. The zero-order valence-corrected chi connectivity index (χ0v) is 16.1. The van der Waals surface area contributed by atoms with Crippen LogP contribution in [0, 0.1) is 5.41 Å². The van der Waals surface area contributed by atoms with Crippen LogP contribution >= 0.6 is 0 Å². The fraction of sp³-hybridized carbons (Fsp3) is 0.579. The summed E-state index contributed by atoms with van der Waals surface area (Å²) in [7, 11) is 3.91. The lowest BCUT2D eigenvalue weighted by Gasteiger charge is -2.34. The SMILES string of the molecule is CN1CCN(CC2(CNC(=O)c3ccc(-c4nnn(C)n4)cc3)CC2)CC1. The number of aromatic nitrogens is 4. The maximum Gasteiger partial charge on any atom is 0.251 e. The van der Waals surface area contributed by atoms with Crippen molar-refractivity contribution in [2.75, 3.05) is 46.3 Å². The average Bonchev–Trinajstić information content (AvgIpc) is 3.31. The van der Waals surface area contributed by atoms with Gasteiger partial charge in [0, 0.05) is 55.8 Å². The van der Waals surface area contributed by atoms with Gasteiger partial charge in [-0.1, -0.05) is 12.1 Å². The number of rotatable bonds is 6. The van der Waals surface area contributed by atoms with Crippen molar-refractivity contribution in [3.63, 3.8) is 0 Å². The van der Waals surface area contributed by atoms with Gasteiger partial charge in [0.1, 0.15) is 0 Å². The summed E-state index contributed by atoms with van der Waals surface area (Å²) < 4.78 is 0. The van der Waals surface area contributed by atoms with Crippen molar-refractivity contribution in [3.8, 4) is 11.4 Å². The van der Waals surface area contributed by atoms with Crippen LogP contribution in [0.4, 0.5) is 0 Å². The first-order chi connectivity index (χ1) is 13.0. The lowest BCUT2D eigenvalue weighted by molar-refractivity contribution is 0.0927. The van der Waals surface area contributed by atoms with Crippen LogP contribution in [-0.4, -0.2) is 82.2 Å². The highest BCUT2D eigenvalue weighted by Crippen LogP contribution is 2.45. The van der Waals surface area contributed by atoms with Gasteiger partial charge in [-0.25, -0.2) is 0 Å². The van der Waals surface area contributed by atoms with Gasteiger partial charge in [-0.2, -0.15) is 4.80 Å². The Hall–Kier alpha value is -2.32. The number of tetrazole rings is 1. The van der Waals surface area contributed by atoms with Crippen molar-refractivity contribution >= 4 is 5.91 Å². The van der Waals surface area contributed by atoms with Crippen LogP contribution in [0.25, 0.3) is 11.4 Å². The van der Waals surface area contributed by atoms with Crippen LogP contribution in [0.15, 0.2) is 24.3 Å². The number of amides is 1. The number of carbonyl (C=O) groups is 1. The number of hydrogen-bond donors (Lipinski definition) is 1. The van der Waals surface area contributed by atoms with E-state index in [4.69, 9.17) is 0 Å². The molecule has 0 unspecified atom stereocenters. The molecule has 8 nitrogen and oxygen atoms in total. The number of nitrogens with zero attached hydrogens (tertiary/aromatic N) is 6. The molecule has 0 spiro atoms. The Labute approximate surface area is 159 Å². The van der Waals surface area contributed by atoms with Gasteiger partial charge in [0.2, 0.25) is 5.82 Å². The summed E-state index contributed by atoms with van der Waals surface area (Å²) in [6.07, 6.45) is 2.41. The van der Waals surface area contributed by atoms with Crippen molar-refractivity contribution < 1.29 is 4.79 Å². The molecule has 1 saturated carbocycles. The quantitative estimate of drug-likeness (QED) is 0.805. The molecule has 2 aromatic rings. The summed E-state index contributed by atoms with van der Waals surface area (Å²) in [4.78, 5) is 18.9. The Bertz CT molecular complexity index is 789. The second-order valence-corrected chi connectivity index (χ2v) is 7.94. The van der Waals surface area contributed by atoms with Crippen molar-refractivity contribution in [3.05, 3.63) is 29.8 Å². The Morgan fingerprint density at radius 1 is 1.11 bits per heavy atom. The topological polar surface area (TPSA) is 79.2 Å². The molecule has 1 saturated heterocycles. The van der Waals surface area contributed by atoms with E-state index in [9.17, 15) is 4.79 Å². The lowest BCUT2D eigenvalue weighted by Crippen LogP contribution is -2.47. The van der Waals surface area contributed by atoms with Gasteiger partial charge in [0.15, 0.2) is 0 Å². The molecule has 27 heavy (non-hydrogen) atoms. The molecule has 8 heteroatoms. The van der Waals surface area contributed by atoms with E-state index in [0.717, 1.165) is 44.8 Å². The van der Waals surface area contributed by atoms with Gasteiger partial charge in [-0.3, -0.25) is 4.79 Å². The smallest absolute Gasteiger partial charge is 0.251 e. The fourth-order valence-corrected chi connectivity index (χ4v) is 3.59. The number of carbonyl (C=O) groups excluding carboxylic acids is 1. The second-order valence-electron chi connectivity index (χ2n) is 7.94. The van der Waals surface area contributed by atoms with Crippen molar-refractivity contribution in [2.45, 2.75) is 12.8 Å². The predicted octanol–water partition coefficient (Wildman–Crippen LogP) is 0.635. The molecule has 4 rings (SSSR count). The highest BCUT2D eigenvalue weighted by atomic mass is 16.1.